The second-order valence-electron chi connectivity index (χ2n) is 20.3. The second-order valence-corrected chi connectivity index (χ2v) is 20.3. The van der Waals surface area contributed by atoms with Crippen molar-refractivity contribution in [2.75, 3.05) is 33.0 Å². The number of hydrazine groups is 4. The van der Waals surface area contributed by atoms with Crippen molar-refractivity contribution in [3.63, 3.8) is 0 Å². The number of esters is 2. The quantitative estimate of drug-likeness (QED) is 0.00674. The zero-order valence-electron chi connectivity index (χ0n) is 43.5. The molecular weight excluding hydrogens is 971 g/mol. The molecule has 73 heavy (non-hydrogen) atoms. The maximum absolute atomic E-state index is 12.8. The molecule has 0 aliphatic rings. The highest BCUT2D eigenvalue weighted by Crippen LogP contribution is 2.31. The van der Waals surface area contributed by atoms with Gasteiger partial charge in [0.2, 0.25) is 6.79 Å². The van der Waals surface area contributed by atoms with E-state index in [4.69, 9.17) is 38.1 Å². The van der Waals surface area contributed by atoms with Crippen molar-refractivity contribution >= 4 is 47.3 Å². The smallest absolute Gasteiger partial charge is 0.311 e. The Kier molecular flexibility index (Phi) is 34.5. The van der Waals surface area contributed by atoms with E-state index in [0.717, 1.165) is 0 Å². The van der Waals surface area contributed by atoms with Gasteiger partial charge >= 0.3 is 11.9 Å². The summed E-state index contributed by atoms with van der Waals surface area (Å²) in [5, 5.41) is 38.0. The lowest BCUT2D eigenvalue weighted by Gasteiger charge is -2.26. The molecule has 0 saturated carbocycles. The van der Waals surface area contributed by atoms with Crippen LogP contribution in [-0.4, -0.2) is 112 Å². The highest BCUT2D eigenvalue weighted by molar-refractivity contribution is 6.02. The van der Waals surface area contributed by atoms with Gasteiger partial charge in [-0.3, -0.25) is 19.2 Å². The van der Waals surface area contributed by atoms with Crippen molar-refractivity contribution in [3.8, 4) is 0 Å². The first-order valence-electron chi connectivity index (χ1n) is 23.1. The van der Waals surface area contributed by atoms with Crippen molar-refractivity contribution in [2.45, 2.75) is 145 Å². The Morgan fingerprint density at radius 3 is 1.01 bits per heavy atom. The number of carbonyl (C=O) groups excluding carboxylic acids is 4. The SMILES string of the molecule is CC(C)(C)CC(CCCN=C(N)N[N+](=O)[O-])C(=O)CC(=O)C(N)CCCN=C(N)N[N+](=O)[O-].CC(C)(C)CC(CCCN=C(N)N[N+](=O)[O-])C(=O)OCOC(=O)C(CCCN=C(N)N[N+](=O)[O-])CC(C)(C)C.O. The van der Waals surface area contributed by atoms with Crippen LogP contribution in [-0.2, 0) is 28.7 Å². The lowest BCUT2D eigenvalue weighted by atomic mass is 9.79. The van der Waals surface area contributed by atoms with Crippen LogP contribution < -0.4 is 50.4 Å². The molecule has 16 N–H and O–H groups in total. The molecule has 0 radical (unpaired) electrons. The summed E-state index contributed by atoms with van der Waals surface area (Å²) in [7, 11) is 0. The van der Waals surface area contributed by atoms with Gasteiger partial charge in [-0.1, -0.05) is 84.0 Å². The number of nitro groups is 4. The number of hydrogen-bond acceptors (Lipinski definition) is 19. The van der Waals surface area contributed by atoms with Gasteiger partial charge in [0.1, 0.15) is 5.78 Å². The van der Waals surface area contributed by atoms with E-state index >= 15 is 0 Å². The third-order valence-electron chi connectivity index (χ3n) is 9.62. The molecule has 0 aromatic carbocycles. The molecule has 32 nitrogen and oxygen atoms in total. The van der Waals surface area contributed by atoms with Crippen LogP contribution in [0.5, 0.6) is 0 Å². The normalized spacial score (nSPS) is 14.1. The Morgan fingerprint density at radius 1 is 0.479 bits per heavy atom. The number of hydrogen-bond donors (Lipinski definition) is 9. The third kappa shape index (κ3) is 42.3. The number of guanidine groups is 4. The van der Waals surface area contributed by atoms with Crippen LogP contribution in [0.25, 0.3) is 0 Å². The van der Waals surface area contributed by atoms with Crippen molar-refractivity contribution in [1.82, 2.24) is 21.7 Å². The summed E-state index contributed by atoms with van der Waals surface area (Å²) < 4.78 is 10.5. The largest absolute Gasteiger partial charge is 0.428 e. The first kappa shape index (κ1) is 70.1. The van der Waals surface area contributed by atoms with Crippen molar-refractivity contribution in [1.29, 1.82) is 0 Å². The van der Waals surface area contributed by atoms with Gasteiger partial charge in [0.15, 0.2) is 25.9 Å². The number of aliphatic imine (C=N–C) groups is 4. The predicted molar refractivity (Wildman–Crippen MR) is 269 cm³/mol. The number of rotatable bonds is 31. The van der Waals surface area contributed by atoms with Crippen molar-refractivity contribution in [3.05, 3.63) is 40.5 Å². The van der Waals surface area contributed by atoms with Crippen molar-refractivity contribution in [2.24, 2.45) is 82.6 Å². The highest BCUT2D eigenvalue weighted by Gasteiger charge is 2.30. The monoisotopic (exact) mass is 1050 g/mol. The molecule has 0 saturated heterocycles. The Hall–Kier alpha value is -7.12. The van der Waals surface area contributed by atoms with E-state index in [1.807, 2.05) is 62.3 Å². The summed E-state index contributed by atoms with van der Waals surface area (Å²) >= 11 is 0. The molecule has 0 aromatic rings. The average Bonchev–Trinajstić information content (AvgIpc) is 3.20. The van der Waals surface area contributed by atoms with Gasteiger partial charge in [-0.25, -0.2) is 60.4 Å². The lowest BCUT2D eigenvalue weighted by Crippen LogP contribution is -2.36. The zero-order valence-corrected chi connectivity index (χ0v) is 43.5. The van der Waals surface area contributed by atoms with E-state index < -0.39 is 68.4 Å². The third-order valence-corrected chi connectivity index (χ3v) is 9.62. The number of Topliss-reactive ketones (excluding diaryl/α,β-unsaturated/α-hetero) is 2. The fourth-order valence-electron chi connectivity index (χ4n) is 6.83. The standard InChI is InChI=1S/C23H44N8O8.C18H35N9O6.H2O/c1-22(2,3)13-16(9-7-11-26-20(24)28-30(34)35)18(32)38-15-39-19(33)17(14-23(4,5)6)10-8-12-27-21(25)29-31(36)37;1-18(2,3)11-12(6-4-8-22-16(20)24-26(30)31)14(28)10-15(29)13(19)7-5-9-23-17(21)25-27(32)33;/h16-17H,7-15H2,1-6H3,(H3,24,26,28)(H3,25,27,29);12-13H,4-11,19H2,1-3H3,(H3,20,22,24)(H3,21,23,25);1H2. The molecular formula is C41H81N17O15. The lowest BCUT2D eigenvalue weighted by molar-refractivity contribution is -0.525. The first-order valence-corrected chi connectivity index (χ1v) is 23.1. The van der Waals surface area contributed by atoms with Crippen LogP contribution in [0, 0.1) is 74.5 Å². The molecule has 0 bridgehead atoms. The van der Waals surface area contributed by atoms with Gasteiger partial charge in [0, 0.05) is 32.1 Å². The molecule has 0 spiro atoms. The summed E-state index contributed by atoms with van der Waals surface area (Å²) in [6.07, 6.45) is 4.48. The van der Waals surface area contributed by atoms with Crippen molar-refractivity contribution < 1.29 is 54.3 Å². The number of ether oxygens (including phenoxy) is 2. The summed E-state index contributed by atoms with van der Waals surface area (Å²) in [5.74, 6) is -4.35. The minimum absolute atomic E-state index is 0. The van der Waals surface area contributed by atoms with Gasteiger partial charge in [-0.15, -0.1) is 0 Å². The predicted octanol–water partition coefficient (Wildman–Crippen LogP) is 0.710. The fourth-order valence-corrected chi connectivity index (χ4v) is 6.83. The van der Waals surface area contributed by atoms with E-state index in [1.165, 1.54) is 0 Å². The molecule has 0 aliphatic carbocycles. The molecule has 32 heteroatoms. The molecule has 0 aromatic heterocycles. The van der Waals surface area contributed by atoms with Crippen LogP contribution in [0.1, 0.15) is 139 Å². The molecule has 0 heterocycles. The zero-order chi connectivity index (χ0) is 55.8. The number of nitrogens with two attached hydrogens (primary N) is 5. The topological polar surface area (TPSA) is 518 Å². The van der Waals surface area contributed by atoms with Crippen LogP contribution in [0.2, 0.25) is 0 Å². The minimum atomic E-state index is -0.860. The second kappa shape index (κ2) is 35.9. The summed E-state index contributed by atoms with van der Waals surface area (Å²) in [5.41, 5.74) is 33.8. The molecule has 4 unspecified atom stereocenters. The number of nitrogens with zero attached hydrogens (tertiary/aromatic N) is 8. The molecule has 0 rings (SSSR count). The Balaban J connectivity index is -0.00000134. The number of carbonyl (C=O) groups is 4. The van der Waals surface area contributed by atoms with E-state index in [9.17, 15) is 59.6 Å². The Labute approximate surface area is 424 Å². The van der Waals surface area contributed by atoms with Gasteiger partial charge < -0.3 is 43.6 Å². The number of nitrogens with one attached hydrogen (secondary N) is 4. The van der Waals surface area contributed by atoms with Gasteiger partial charge in [-0.2, -0.15) is 0 Å². The average molecular weight is 1050 g/mol. The van der Waals surface area contributed by atoms with Gasteiger partial charge in [0.25, 0.3) is 23.8 Å². The van der Waals surface area contributed by atoms with Crippen LogP contribution in [0.15, 0.2) is 20.0 Å². The summed E-state index contributed by atoms with van der Waals surface area (Å²) in [6.45, 7) is 18.0. The van der Waals surface area contributed by atoms with Crippen LogP contribution in [0.3, 0.4) is 0 Å². The maximum Gasteiger partial charge on any atom is 0.311 e. The molecule has 0 aliphatic heterocycles. The van der Waals surface area contributed by atoms with Gasteiger partial charge in [0.05, 0.1) is 24.3 Å². The minimum Gasteiger partial charge on any atom is -0.428 e. The number of ketones is 2. The van der Waals surface area contributed by atoms with E-state index in [1.54, 1.807) is 21.7 Å². The maximum atomic E-state index is 12.8. The van der Waals surface area contributed by atoms with E-state index in [-0.39, 0.29) is 90.4 Å². The highest BCUT2D eigenvalue weighted by atomic mass is 16.7. The summed E-state index contributed by atoms with van der Waals surface area (Å²) in [6, 6.07) is -0.860. The molecule has 4 atom stereocenters. The summed E-state index contributed by atoms with van der Waals surface area (Å²) in [4.78, 5) is 107. The van der Waals surface area contributed by atoms with E-state index in [2.05, 4.69) is 20.0 Å². The molecule has 0 fully saturated rings. The Morgan fingerprint density at radius 2 is 0.740 bits per heavy atom. The fraction of sp³-hybridized carbons (Fsp3) is 0.805. The van der Waals surface area contributed by atoms with Crippen LogP contribution in [0.4, 0.5) is 0 Å². The van der Waals surface area contributed by atoms with Crippen LogP contribution >= 0.6 is 0 Å². The van der Waals surface area contributed by atoms with Gasteiger partial charge in [-0.05, 0) is 86.9 Å². The first-order chi connectivity index (χ1) is 33.1. The Bertz CT molecular complexity index is 1830. The van der Waals surface area contributed by atoms with E-state index in [0.29, 0.717) is 64.2 Å². The molecule has 0 amide bonds. The molecule has 420 valence electrons.